The molecule has 4 nitrogen and oxygen atoms in total. The molecule has 2 aliphatic carbocycles. The summed E-state index contributed by atoms with van der Waals surface area (Å²) in [5, 5.41) is 3.02. The fraction of sp³-hybridized carbons (Fsp3) is 0.867. The van der Waals surface area contributed by atoms with Crippen molar-refractivity contribution in [2.75, 3.05) is 12.8 Å². The van der Waals surface area contributed by atoms with Gasteiger partial charge in [0.05, 0.1) is 0 Å². The van der Waals surface area contributed by atoms with Crippen molar-refractivity contribution in [1.29, 1.82) is 0 Å². The molecule has 0 aromatic rings. The first-order valence-corrected chi connectivity index (χ1v) is 8.86. The van der Waals surface area contributed by atoms with Gasteiger partial charge in [-0.2, -0.15) is 11.8 Å². The summed E-state index contributed by atoms with van der Waals surface area (Å²) in [5.41, 5.74) is -0.656. The lowest BCUT2D eigenvalue weighted by molar-refractivity contribution is -0.155. The Hall–Kier alpha value is -0.710. The Labute approximate surface area is 125 Å². The Morgan fingerprint density at radius 2 is 2.00 bits per heavy atom. The van der Waals surface area contributed by atoms with E-state index >= 15 is 0 Å². The number of piperazine rings is 1. The summed E-state index contributed by atoms with van der Waals surface area (Å²) in [6.07, 6.45) is 7.25. The van der Waals surface area contributed by atoms with Crippen LogP contribution in [-0.2, 0) is 9.59 Å². The second kappa shape index (κ2) is 4.65. The van der Waals surface area contributed by atoms with E-state index in [2.05, 4.69) is 11.6 Å². The van der Waals surface area contributed by atoms with Gasteiger partial charge in [0.25, 0.3) is 0 Å². The lowest BCUT2D eigenvalue weighted by Gasteiger charge is -2.45. The monoisotopic (exact) mass is 296 g/mol. The zero-order valence-electron chi connectivity index (χ0n) is 12.6. The van der Waals surface area contributed by atoms with Crippen LogP contribution in [0.25, 0.3) is 0 Å². The van der Waals surface area contributed by atoms with Crippen molar-refractivity contribution < 1.29 is 9.59 Å². The summed E-state index contributed by atoms with van der Waals surface area (Å²) >= 11 is 1.85. The van der Waals surface area contributed by atoms with Crippen LogP contribution in [0.2, 0.25) is 0 Å². The molecular weight excluding hydrogens is 272 g/mol. The maximum atomic E-state index is 13.0. The molecule has 1 aliphatic heterocycles. The van der Waals surface area contributed by atoms with Crippen LogP contribution in [0.1, 0.15) is 46.0 Å². The molecule has 1 heterocycles. The normalized spacial score (nSPS) is 36.0. The number of amides is 2. The quantitative estimate of drug-likeness (QED) is 0.841. The molecule has 112 valence electrons. The second-order valence-corrected chi connectivity index (χ2v) is 7.98. The number of thioether (sulfide) groups is 1. The number of nitrogens with one attached hydrogen (secondary N) is 1. The van der Waals surface area contributed by atoms with E-state index in [0.717, 1.165) is 32.2 Å². The van der Waals surface area contributed by atoms with E-state index in [1.54, 1.807) is 0 Å². The minimum absolute atomic E-state index is 0.0402. The van der Waals surface area contributed by atoms with Crippen molar-refractivity contribution in [3.8, 4) is 0 Å². The van der Waals surface area contributed by atoms with Crippen molar-refractivity contribution in [2.45, 2.75) is 62.3 Å². The van der Waals surface area contributed by atoms with E-state index in [1.165, 1.54) is 0 Å². The van der Waals surface area contributed by atoms with Gasteiger partial charge in [0, 0.05) is 11.3 Å². The summed E-state index contributed by atoms with van der Waals surface area (Å²) in [6.45, 7) is 4.65. The molecule has 5 heteroatoms. The molecule has 20 heavy (non-hydrogen) atoms. The van der Waals surface area contributed by atoms with Crippen LogP contribution in [0, 0.1) is 5.92 Å². The van der Waals surface area contributed by atoms with Crippen LogP contribution in [-0.4, -0.2) is 45.8 Å². The van der Waals surface area contributed by atoms with Gasteiger partial charge < -0.3 is 10.2 Å². The highest BCUT2D eigenvalue weighted by Crippen LogP contribution is 2.49. The number of carbonyl (C=O) groups excluding carboxylic acids is 2. The first-order chi connectivity index (χ1) is 9.46. The highest BCUT2D eigenvalue weighted by atomic mass is 32.2. The SMILES string of the molecule is CCC1C(=O)NC(C)(C2CC2)C(=O)N1CC1(SC)CC1. The van der Waals surface area contributed by atoms with Crippen LogP contribution in [0.5, 0.6) is 0 Å². The molecule has 2 saturated carbocycles. The fourth-order valence-corrected chi connectivity index (χ4v) is 4.15. The van der Waals surface area contributed by atoms with Gasteiger partial charge in [-0.25, -0.2) is 0 Å². The van der Waals surface area contributed by atoms with Gasteiger partial charge in [0.1, 0.15) is 11.6 Å². The van der Waals surface area contributed by atoms with Gasteiger partial charge in [-0.3, -0.25) is 9.59 Å². The smallest absolute Gasteiger partial charge is 0.249 e. The zero-order valence-corrected chi connectivity index (χ0v) is 13.4. The van der Waals surface area contributed by atoms with Crippen molar-refractivity contribution in [2.24, 2.45) is 5.92 Å². The minimum atomic E-state index is -0.656. The summed E-state index contributed by atoms with van der Waals surface area (Å²) in [5.74, 6) is 0.522. The predicted octanol–water partition coefficient (Wildman–Crippen LogP) is 1.79. The van der Waals surface area contributed by atoms with Gasteiger partial charge >= 0.3 is 0 Å². The molecule has 0 aromatic heterocycles. The largest absolute Gasteiger partial charge is 0.340 e. The molecule has 3 rings (SSSR count). The highest BCUT2D eigenvalue weighted by molar-refractivity contribution is 8.00. The van der Waals surface area contributed by atoms with E-state index in [-0.39, 0.29) is 22.6 Å². The first kappa shape index (κ1) is 14.2. The molecular formula is C15H24N2O2S. The molecule has 3 aliphatic rings. The minimum Gasteiger partial charge on any atom is -0.340 e. The predicted molar refractivity (Wildman–Crippen MR) is 80.5 cm³/mol. The molecule has 2 atom stereocenters. The van der Waals surface area contributed by atoms with Crippen molar-refractivity contribution in [3.05, 3.63) is 0 Å². The van der Waals surface area contributed by atoms with E-state index in [0.29, 0.717) is 12.3 Å². The Morgan fingerprint density at radius 3 is 2.45 bits per heavy atom. The maximum absolute atomic E-state index is 13.0. The third-order valence-electron chi connectivity index (χ3n) is 5.25. The standard InChI is InChI=1S/C15H24N2O2S/c1-4-11-12(18)16-14(2,10-5-6-10)13(19)17(11)9-15(20-3)7-8-15/h10-11H,4-9H2,1-3H3,(H,16,18). The number of rotatable bonds is 5. The van der Waals surface area contributed by atoms with Crippen molar-refractivity contribution in [3.63, 3.8) is 0 Å². The molecule has 1 N–H and O–H groups in total. The number of hydrogen-bond donors (Lipinski definition) is 1. The zero-order chi connectivity index (χ0) is 14.5. The molecule has 0 radical (unpaired) electrons. The third kappa shape index (κ3) is 2.14. The van der Waals surface area contributed by atoms with Crippen LogP contribution >= 0.6 is 11.8 Å². The lowest BCUT2D eigenvalue weighted by atomic mass is 9.88. The topological polar surface area (TPSA) is 49.4 Å². The molecule has 2 amide bonds. The highest BCUT2D eigenvalue weighted by Gasteiger charge is 2.57. The number of carbonyl (C=O) groups is 2. The van der Waals surface area contributed by atoms with Gasteiger partial charge in [-0.05, 0) is 51.2 Å². The maximum Gasteiger partial charge on any atom is 0.249 e. The first-order valence-electron chi connectivity index (χ1n) is 7.64. The van der Waals surface area contributed by atoms with Crippen molar-refractivity contribution in [1.82, 2.24) is 10.2 Å². The average molecular weight is 296 g/mol. The molecule has 0 bridgehead atoms. The summed E-state index contributed by atoms with van der Waals surface area (Å²) < 4.78 is 0.213. The average Bonchev–Trinajstić information content (AvgIpc) is 3.28. The van der Waals surface area contributed by atoms with E-state index in [1.807, 2.05) is 30.5 Å². The van der Waals surface area contributed by atoms with Crippen LogP contribution < -0.4 is 5.32 Å². The molecule has 0 spiro atoms. The van der Waals surface area contributed by atoms with Crippen LogP contribution in [0.15, 0.2) is 0 Å². The second-order valence-electron chi connectivity index (χ2n) is 6.71. The fourth-order valence-electron chi connectivity index (χ4n) is 3.38. The Balaban J connectivity index is 1.86. The van der Waals surface area contributed by atoms with Crippen molar-refractivity contribution >= 4 is 23.6 Å². The van der Waals surface area contributed by atoms with Crippen LogP contribution in [0.4, 0.5) is 0 Å². The van der Waals surface area contributed by atoms with E-state index in [4.69, 9.17) is 0 Å². The van der Waals surface area contributed by atoms with Gasteiger partial charge in [-0.1, -0.05) is 6.92 Å². The Kier molecular flexibility index (Phi) is 3.31. The molecule has 0 aromatic carbocycles. The summed E-state index contributed by atoms with van der Waals surface area (Å²) in [4.78, 5) is 27.3. The Bertz CT molecular complexity index is 445. The lowest BCUT2D eigenvalue weighted by Crippen LogP contribution is -2.70. The molecule has 1 saturated heterocycles. The van der Waals surface area contributed by atoms with Gasteiger partial charge in [0.15, 0.2) is 0 Å². The van der Waals surface area contributed by atoms with E-state index in [9.17, 15) is 9.59 Å². The third-order valence-corrected chi connectivity index (χ3v) is 6.65. The molecule has 3 fully saturated rings. The number of hydrogen-bond acceptors (Lipinski definition) is 3. The Morgan fingerprint density at radius 1 is 1.35 bits per heavy atom. The van der Waals surface area contributed by atoms with E-state index < -0.39 is 5.54 Å². The molecule has 2 unspecified atom stereocenters. The summed E-state index contributed by atoms with van der Waals surface area (Å²) in [6, 6.07) is -0.279. The van der Waals surface area contributed by atoms with Gasteiger partial charge in [-0.15, -0.1) is 0 Å². The number of nitrogens with zero attached hydrogens (tertiary/aromatic N) is 1. The summed E-state index contributed by atoms with van der Waals surface area (Å²) in [7, 11) is 0. The van der Waals surface area contributed by atoms with Crippen LogP contribution in [0.3, 0.4) is 0 Å². The van der Waals surface area contributed by atoms with Gasteiger partial charge in [0.2, 0.25) is 11.8 Å².